The third kappa shape index (κ3) is 5.90. The molecule has 0 aliphatic carbocycles. The van der Waals surface area contributed by atoms with Gasteiger partial charge in [-0.25, -0.2) is 5.48 Å². The van der Waals surface area contributed by atoms with E-state index in [1.54, 1.807) is 30.6 Å². The van der Waals surface area contributed by atoms with Crippen LogP contribution in [0.15, 0.2) is 40.9 Å². The number of hydroxylamine groups is 1. The molecule has 3 rings (SSSR count). The van der Waals surface area contributed by atoms with Crippen molar-refractivity contribution in [1.82, 2.24) is 16.0 Å². The quantitative estimate of drug-likeness (QED) is 0.144. The number of nitrogens with zero attached hydrogens (tertiary/aromatic N) is 1. The molecule has 0 fully saturated rings. The standard InChI is InChI=1S/C25H30N4O6/c1-4-26-25(33)23-22(15-7-9-16(10-8-15)27-11-5-6-21(32)28-34)24(35-29-23)18-12-17(14(2)3)19(30)13-20(18)31/h7-10,12-14,27,30-31,34H,4-6,11H2,1-3H3,(H,26,33)(H,28,32). The summed E-state index contributed by atoms with van der Waals surface area (Å²) < 4.78 is 5.58. The Morgan fingerprint density at radius 1 is 1.09 bits per heavy atom. The molecule has 10 heteroatoms. The van der Waals surface area contributed by atoms with Gasteiger partial charge in [0.1, 0.15) is 11.5 Å². The molecular formula is C25H30N4O6. The fourth-order valence-corrected chi connectivity index (χ4v) is 3.67. The smallest absolute Gasteiger partial charge is 0.274 e. The third-order valence-electron chi connectivity index (χ3n) is 5.46. The lowest BCUT2D eigenvalue weighted by atomic mass is 9.94. The van der Waals surface area contributed by atoms with Gasteiger partial charge in [-0.3, -0.25) is 14.8 Å². The number of carbonyl (C=O) groups excluding carboxylic acids is 2. The second-order valence-corrected chi connectivity index (χ2v) is 8.32. The van der Waals surface area contributed by atoms with Gasteiger partial charge in [0.05, 0.1) is 11.1 Å². The van der Waals surface area contributed by atoms with Crippen LogP contribution in [-0.4, -0.2) is 45.5 Å². The molecule has 0 spiro atoms. The number of aromatic nitrogens is 1. The van der Waals surface area contributed by atoms with Crippen molar-refractivity contribution in [1.29, 1.82) is 0 Å². The largest absolute Gasteiger partial charge is 0.508 e. The van der Waals surface area contributed by atoms with Gasteiger partial charge in [0.25, 0.3) is 5.91 Å². The number of rotatable bonds is 10. The van der Waals surface area contributed by atoms with Crippen LogP contribution in [0.1, 0.15) is 55.6 Å². The lowest BCUT2D eigenvalue weighted by Gasteiger charge is -2.13. The molecule has 0 saturated heterocycles. The third-order valence-corrected chi connectivity index (χ3v) is 5.46. The van der Waals surface area contributed by atoms with E-state index in [1.165, 1.54) is 6.07 Å². The van der Waals surface area contributed by atoms with Crippen molar-refractivity contribution in [2.24, 2.45) is 0 Å². The predicted octanol–water partition coefficient (Wildman–Crippen LogP) is 3.99. The van der Waals surface area contributed by atoms with E-state index in [4.69, 9.17) is 9.73 Å². The van der Waals surface area contributed by atoms with E-state index < -0.39 is 11.8 Å². The molecule has 3 aromatic rings. The van der Waals surface area contributed by atoms with Crippen molar-refractivity contribution in [3.63, 3.8) is 0 Å². The number of aromatic hydroxyl groups is 2. The number of hydrogen-bond donors (Lipinski definition) is 6. The minimum absolute atomic E-state index is 0.0163. The summed E-state index contributed by atoms with van der Waals surface area (Å²) >= 11 is 0. The second kappa shape index (κ2) is 11.4. The number of amides is 2. The first kappa shape index (κ1) is 25.6. The van der Waals surface area contributed by atoms with Crippen molar-refractivity contribution in [3.05, 3.63) is 47.7 Å². The number of carbonyl (C=O) groups is 2. The predicted molar refractivity (Wildman–Crippen MR) is 130 cm³/mol. The van der Waals surface area contributed by atoms with Gasteiger partial charge in [-0.2, -0.15) is 0 Å². The molecule has 0 radical (unpaired) electrons. The van der Waals surface area contributed by atoms with Crippen molar-refractivity contribution in [3.8, 4) is 33.9 Å². The van der Waals surface area contributed by atoms with E-state index in [-0.39, 0.29) is 35.3 Å². The van der Waals surface area contributed by atoms with E-state index >= 15 is 0 Å². The zero-order chi connectivity index (χ0) is 25.5. The van der Waals surface area contributed by atoms with E-state index in [9.17, 15) is 19.8 Å². The van der Waals surface area contributed by atoms with Gasteiger partial charge in [-0.1, -0.05) is 31.1 Å². The van der Waals surface area contributed by atoms with Crippen LogP contribution in [0.2, 0.25) is 0 Å². The molecule has 0 bridgehead atoms. The highest BCUT2D eigenvalue weighted by atomic mass is 16.5. The summed E-state index contributed by atoms with van der Waals surface area (Å²) in [5, 5.41) is 39.3. The Bertz CT molecular complexity index is 1190. The van der Waals surface area contributed by atoms with Gasteiger partial charge in [0.15, 0.2) is 11.5 Å². The number of benzene rings is 2. The topological polar surface area (TPSA) is 157 Å². The van der Waals surface area contributed by atoms with E-state index in [2.05, 4.69) is 15.8 Å². The first-order chi connectivity index (χ1) is 16.8. The molecule has 1 aromatic heterocycles. The number of anilines is 1. The molecule has 0 unspecified atom stereocenters. The molecule has 186 valence electrons. The zero-order valence-electron chi connectivity index (χ0n) is 19.9. The molecule has 35 heavy (non-hydrogen) atoms. The normalized spacial score (nSPS) is 10.9. The summed E-state index contributed by atoms with van der Waals surface area (Å²) in [6.45, 7) is 6.55. The Balaban J connectivity index is 1.98. The van der Waals surface area contributed by atoms with Crippen LogP contribution in [0.3, 0.4) is 0 Å². The van der Waals surface area contributed by atoms with Gasteiger partial charge < -0.3 is 25.4 Å². The average molecular weight is 483 g/mol. The summed E-state index contributed by atoms with van der Waals surface area (Å²) in [7, 11) is 0. The van der Waals surface area contributed by atoms with Crippen molar-refractivity contribution < 1.29 is 29.5 Å². The molecule has 1 heterocycles. The Hall–Kier alpha value is -4.05. The second-order valence-electron chi connectivity index (χ2n) is 8.32. The maximum absolute atomic E-state index is 12.7. The maximum Gasteiger partial charge on any atom is 0.274 e. The Morgan fingerprint density at radius 2 is 1.80 bits per heavy atom. The van der Waals surface area contributed by atoms with Gasteiger partial charge in [0, 0.05) is 31.3 Å². The Labute approximate surface area is 202 Å². The van der Waals surface area contributed by atoms with Crippen LogP contribution >= 0.6 is 0 Å². The van der Waals surface area contributed by atoms with Crippen LogP contribution in [0.5, 0.6) is 11.5 Å². The molecule has 10 nitrogen and oxygen atoms in total. The summed E-state index contributed by atoms with van der Waals surface area (Å²) in [5.74, 6) is -0.892. The molecule has 0 saturated carbocycles. The maximum atomic E-state index is 12.7. The minimum atomic E-state index is -0.446. The Morgan fingerprint density at radius 3 is 2.43 bits per heavy atom. The van der Waals surface area contributed by atoms with Gasteiger partial charge in [-0.05, 0) is 48.6 Å². The summed E-state index contributed by atoms with van der Waals surface area (Å²) in [6, 6.07) is 10.1. The van der Waals surface area contributed by atoms with E-state index in [0.29, 0.717) is 41.8 Å². The van der Waals surface area contributed by atoms with Crippen LogP contribution in [0.25, 0.3) is 22.5 Å². The first-order valence-corrected chi connectivity index (χ1v) is 11.4. The van der Waals surface area contributed by atoms with Crippen LogP contribution in [-0.2, 0) is 4.79 Å². The van der Waals surface area contributed by atoms with Gasteiger partial charge >= 0.3 is 0 Å². The lowest BCUT2D eigenvalue weighted by Crippen LogP contribution is -2.23. The number of hydrogen-bond acceptors (Lipinski definition) is 8. The molecule has 0 aliphatic rings. The Kier molecular flexibility index (Phi) is 8.32. The summed E-state index contributed by atoms with van der Waals surface area (Å²) in [4.78, 5) is 23.8. The van der Waals surface area contributed by atoms with Crippen LogP contribution in [0.4, 0.5) is 5.69 Å². The van der Waals surface area contributed by atoms with Gasteiger partial charge in [0.2, 0.25) is 5.91 Å². The molecular weight excluding hydrogens is 452 g/mol. The van der Waals surface area contributed by atoms with Crippen LogP contribution < -0.4 is 16.1 Å². The molecule has 0 aliphatic heterocycles. The fourth-order valence-electron chi connectivity index (χ4n) is 3.67. The van der Waals surface area contributed by atoms with Gasteiger partial charge in [-0.15, -0.1) is 0 Å². The van der Waals surface area contributed by atoms with Crippen molar-refractivity contribution >= 4 is 17.5 Å². The monoisotopic (exact) mass is 482 g/mol. The highest BCUT2D eigenvalue weighted by Gasteiger charge is 2.27. The van der Waals surface area contributed by atoms with Crippen molar-refractivity contribution in [2.45, 2.75) is 39.5 Å². The highest BCUT2D eigenvalue weighted by molar-refractivity contribution is 6.02. The number of phenolic OH excluding ortho intramolecular Hbond substituents is 2. The van der Waals surface area contributed by atoms with E-state index in [0.717, 1.165) is 5.69 Å². The van der Waals surface area contributed by atoms with Crippen LogP contribution in [0, 0.1) is 0 Å². The zero-order valence-corrected chi connectivity index (χ0v) is 19.9. The SMILES string of the molecule is CCNC(=O)c1noc(-c2cc(C(C)C)c(O)cc2O)c1-c1ccc(NCCCC(=O)NO)cc1. The molecule has 6 N–H and O–H groups in total. The summed E-state index contributed by atoms with van der Waals surface area (Å²) in [5.41, 5.74) is 4.47. The summed E-state index contributed by atoms with van der Waals surface area (Å²) in [6.07, 6.45) is 0.722. The minimum Gasteiger partial charge on any atom is -0.508 e. The molecule has 2 amide bonds. The average Bonchev–Trinajstić information content (AvgIpc) is 3.27. The van der Waals surface area contributed by atoms with Crippen molar-refractivity contribution in [2.75, 3.05) is 18.4 Å². The molecule has 2 aromatic carbocycles. The number of nitrogens with one attached hydrogen (secondary N) is 3. The fraction of sp³-hybridized carbons (Fsp3) is 0.320. The highest BCUT2D eigenvalue weighted by Crippen LogP contribution is 2.43. The van der Waals surface area contributed by atoms with E-state index in [1.807, 2.05) is 26.0 Å². The first-order valence-electron chi connectivity index (χ1n) is 11.4. The molecule has 0 atom stereocenters. The number of phenols is 2. The lowest BCUT2D eigenvalue weighted by molar-refractivity contribution is -0.129.